The number of alkyl halides is 1. The fraction of sp³-hybridized carbons (Fsp3) is 0.577. The Morgan fingerprint density at radius 2 is 2.00 bits per heavy atom. The molecule has 2 heterocycles. The maximum Gasteiger partial charge on any atom is 0.408 e. The van der Waals surface area contributed by atoms with Crippen molar-refractivity contribution in [2.24, 2.45) is 5.92 Å². The predicted octanol–water partition coefficient (Wildman–Crippen LogP) is 4.01. The number of hydrogen-bond donors (Lipinski definition) is 2. The monoisotopic (exact) mass is 519 g/mol. The van der Waals surface area contributed by atoms with E-state index in [0.29, 0.717) is 19.5 Å². The van der Waals surface area contributed by atoms with Crippen molar-refractivity contribution >= 4 is 28.7 Å². The number of fused-ring (bicyclic) bond motifs is 2. The molecule has 1 amide bonds. The number of nitrogens with one attached hydrogen (secondary N) is 1. The van der Waals surface area contributed by atoms with Gasteiger partial charge in [0, 0.05) is 31.6 Å². The van der Waals surface area contributed by atoms with E-state index in [0.717, 1.165) is 25.1 Å². The van der Waals surface area contributed by atoms with Crippen molar-refractivity contribution in [2.45, 2.75) is 69.8 Å². The second kappa shape index (κ2) is 8.59. The first-order chi connectivity index (χ1) is 17.3. The molecule has 3 fully saturated rings. The lowest BCUT2D eigenvalue weighted by molar-refractivity contribution is 0.0450. The molecule has 0 bridgehead atoms. The summed E-state index contributed by atoms with van der Waals surface area (Å²) in [5, 5.41) is 12.4. The van der Waals surface area contributed by atoms with Crippen LogP contribution in [0.3, 0.4) is 0 Å². The van der Waals surface area contributed by atoms with Crippen molar-refractivity contribution < 1.29 is 33.0 Å². The zero-order valence-corrected chi connectivity index (χ0v) is 21.3. The van der Waals surface area contributed by atoms with Crippen LogP contribution in [0.25, 0.3) is 10.9 Å². The summed E-state index contributed by atoms with van der Waals surface area (Å²) >= 11 is 0. The topological polar surface area (TPSA) is 110 Å². The number of carboxylic acid groups (broad SMARTS) is 1. The number of nitrogens with zero attached hydrogens (tertiary/aromatic N) is 2. The van der Waals surface area contributed by atoms with Crippen LogP contribution in [-0.2, 0) is 4.74 Å². The third-order valence-corrected chi connectivity index (χ3v) is 7.61. The third-order valence-electron chi connectivity index (χ3n) is 7.61. The summed E-state index contributed by atoms with van der Waals surface area (Å²) in [7, 11) is 1.34. The minimum atomic E-state index is -1.47. The number of carbonyl (C=O) groups is 2. The number of aromatic carboxylic acids is 1. The first-order valence-electron chi connectivity index (χ1n) is 12.4. The molecule has 0 radical (unpaired) electrons. The van der Waals surface area contributed by atoms with Gasteiger partial charge in [0.05, 0.1) is 29.6 Å². The predicted molar refractivity (Wildman–Crippen MR) is 132 cm³/mol. The van der Waals surface area contributed by atoms with Gasteiger partial charge in [-0.05, 0) is 39.7 Å². The second-order valence-electron chi connectivity index (χ2n) is 11.3. The number of carboxylic acids is 1. The number of carbonyl (C=O) groups excluding carboxylic acids is 1. The summed E-state index contributed by atoms with van der Waals surface area (Å²) in [6.45, 7) is 6.07. The van der Waals surface area contributed by atoms with Gasteiger partial charge in [0.15, 0.2) is 11.6 Å². The molecule has 1 aromatic carbocycles. The highest BCUT2D eigenvalue weighted by Crippen LogP contribution is 2.49. The van der Waals surface area contributed by atoms with Crippen LogP contribution in [-0.4, -0.2) is 59.2 Å². The highest BCUT2D eigenvalue weighted by molar-refractivity contribution is 5.97. The highest BCUT2D eigenvalue weighted by Gasteiger charge is 2.52. The van der Waals surface area contributed by atoms with Gasteiger partial charge in [-0.15, -0.1) is 0 Å². The fourth-order valence-electron chi connectivity index (χ4n) is 5.96. The van der Waals surface area contributed by atoms with E-state index in [1.165, 1.54) is 11.7 Å². The third kappa shape index (κ3) is 4.27. The lowest BCUT2D eigenvalue weighted by Crippen LogP contribution is -2.53. The number of pyridine rings is 1. The smallest absolute Gasteiger partial charge is 0.408 e. The zero-order valence-electron chi connectivity index (χ0n) is 21.3. The van der Waals surface area contributed by atoms with E-state index < -0.39 is 52.2 Å². The largest absolute Gasteiger partial charge is 0.492 e. The van der Waals surface area contributed by atoms with Crippen LogP contribution >= 0.6 is 0 Å². The van der Waals surface area contributed by atoms with Crippen molar-refractivity contribution in [3.05, 3.63) is 33.9 Å². The molecule has 2 aliphatic carbocycles. The second-order valence-corrected chi connectivity index (χ2v) is 11.3. The normalized spacial score (nSPS) is 26.8. The average molecular weight is 520 g/mol. The number of alkyl carbamates (subject to hydrolysis) is 1. The van der Waals surface area contributed by atoms with E-state index in [9.17, 15) is 23.9 Å². The van der Waals surface area contributed by atoms with E-state index in [-0.39, 0.29) is 34.7 Å². The number of hydrogen-bond acceptors (Lipinski definition) is 6. The lowest BCUT2D eigenvalue weighted by Gasteiger charge is -2.32. The maximum absolute atomic E-state index is 15.7. The van der Waals surface area contributed by atoms with Gasteiger partial charge in [-0.2, -0.15) is 0 Å². The summed E-state index contributed by atoms with van der Waals surface area (Å²) in [5.74, 6) is -2.15. The molecule has 200 valence electrons. The molecule has 3 aliphatic rings. The number of rotatable bonds is 5. The Morgan fingerprint density at radius 3 is 2.59 bits per heavy atom. The molecule has 0 spiro atoms. The molecule has 2 N–H and O–H groups in total. The van der Waals surface area contributed by atoms with E-state index in [1.807, 2.05) is 0 Å². The van der Waals surface area contributed by atoms with Crippen molar-refractivity contribution in [3.8, 4) is 5.75 Å². The minimum Gasteiger partial charge on any atom is -0.492 e. The van der Waals surface area contributed by atoms with Gasteiger partial charge in [-0.25, -0.2) is 18.4 Å². The Hall–Kier alpha value is -3.37. The van der Waals surface area contributed by atoms with Gasteiger partial charge >= 0.3 is 12.1 Å². The van der Waals surface area contributed by atoms with Crippen LogP contribution in [0.5, 0.6) is 5.75 Å². The number of anilines is 1. The number of methoxy groups -OCH3 is 1. The van der Waals surface area contributed by atoms with Crippen LogP contribution in [0.2, 0.25) is 0 Å². The standard InChI is InChI=1S/C26H31F2N3O6/c1-25(2,3)37-24(35)29-26-7-5-6-13(26)10-30(12-26)20-17(28)8-14-19(22(20)36-4)31(18-9-16(18)27)11-15(21(14)32)23(33)34/h8,11,13,16,18H,5-7,9-10,12H2,1-4H3,(H,29,35)(H,33,34)/t13?,16-,18+,26?/m0/s1. The molecule has 37 heavy (non-hydrogen) atoms. The molecule has 2 unspecified atom stereocenters. The lowest BCUT2D eigenvalue weighted by atomic mass is 9.91. The number of benzene rings is 1. The number of halogens is 2. The Balaban J connectivity index is 1.61. The number of aromatic nitrogens is 1. The minimum absolute atomic E-state index is 0.0371. The van der Waals surface area contributed by atoms with Crippen LogP contribution < -0.4 is 20.4 Å². The summed E-state index contributed by atoms with van der Waals surface area (Å²) in [4.78, 5) is 39.1. The number of amides is 1. The molecule has 1 aliphatic heterocycles. The first kappa shape index (κ1) is 25.3. The molecule has 11 heteroatoms. The molecular formula is C26H31F2N3O6. The van der Waals surface area contributed by atoms with Crippen molar-refractivity contribution in [1.82, 2.24) is 9.88 Å². The van der Waals surface area contributed by atoms with Crippen molar-refractivity contribution in [3.63, 3.8) is 0 Å². The van der Waals surface area contributed by atoms with Gasteiger partial charge in [0.25, 0.3) is 0 Å². The molecule has 9 nitrogen and oxygen atoms in total. The summed E-state index contributed by atoms with van der Waals surface area (Å²) in [5.41, 5.74) is -2.46. The molecule has 5 rings (SSSR count). The zero-order chi connectivity index (χ0) is 26.9. The van der Waals surface area contributed by atoms with Crippen molar-refractivity contribution in [1.29, 1.82) is 0 Å². The van der Waals surface area contributed by atoms with Gasteiger partial charge in [-0.3, -0.25) is 4.79 Å². The van der Waals surface area contributed by atoms with E-state index in [2.05, 4.69) is 5.32 Å². The van der Waals surface area contributed by atoms with Gasteiger partial charge in [0.2, 0.25) is 5.43 Å². The molecule has 1 saturated heterocycles. The summed E-state index contributed by atoms with van der Waals surface area (Å²) in [6, 6.07) is 0.336. The molecule has 2 saturated carbocycles. The van der Waals surface area contributed by atoms with E-state index in [1.54, 1.807) is 25.7 Å². The average Bonchev–Trinajstić information content (AvgIpc) is 3.23. The molecule has 2 aromatic rings. The van der Waals surface area contributed by atoms with Crippen LogP contribution in [0, 0.1) is 11.7 Å². The Bertz CT molecular complexity index is 1350. The van der Waals surface area contributed by atoms with Gasteiger partial charge < -0.3 is 29.4 Å². The first-order valence-corrected chi connectivity index (χ1v) is 12.4. The summed E-state index contributed by atoms with van der Waals surface area (Å²) < 4.78 is 42.4. The maximum atomic E-state index is 15.7. The molecule has 1 aromatic heterocycles. The summed E-state index contributed by atoms with van der Waals surface area (Å²) in [6.07, 6.45) is 1.96. The SMILES string of the molecule is COc1c(N2CC3CCCC3(NC(=O)OC(C)(C)C)C2)c(F)cc2c(=O)c(C(=O)O)cn([C@@H]3C[C@@H]3F)c12. The van der Waals surface area contributed by atoms with E-state index >= 15 is 4.39 Å². The van der Waals surface area contributed by atoms with Gasteiger partial charge in [-0.1, -0.05) is 6.42 Å². The van der Waals surface area contributed by atoms with Crippen LogP contribution in [0.4, 0.5) is 19.3 Å². The fourth-order valence-corrected chi connectivity index (χ4v) is 5.96. The molecular weight excluding hydrogens is 488 g/mol. The van der Waals surface area contributed by atoms with Crippen LogP contribution in [0.15, 0.2) is 17.1 Å². The van der Waals surface area contributed by atoms with Gasteiger partial charge in [0.1, 0.15) is 23.0 Å². The molecule has 4 atom stereocenters. The quantitative estimate of drug-likeness (QED) is 0.614. The Labute approximate surface area is 212 Å². The van der Waals surface area contributed by atoms with Crippen molar-refractivity contribution in [2.75, 3.05) is 25.1 Å². The Morgan fingerprint density at radius 1 is 1.30 bits per heavy atom. The van der Waals surface area contributed by atoms with E-state index in [4.69, 9.17) is 9.47 Å². The Kier molecular flexibility index (Phi) is 5.87. The highest BCUT2D eigenvalue weighted by atomic mass is 19.1. The van der Waals surface area contributed by atoms with Crippen LogP contribution in [0.1, 0.15) is 62.9 Å². The number of ether oxygens (including phenoxy) is 2.